The summed E-state index contributed by atoms with van der Waals surface area (Å²) in [4.78, 5) is 4.13. The van der Waals surface area contributed by atoms with Crippen LogP contribution >= 0.6 is 11.6 Å². The molecule has 0 aliphatic rings. The molecule has 2 N–H and O–H groups in total. The van der Waals surface area contributed by atoms with E-state index in [9.17, 15) is 0 Å². The van der Waals surface area contributed by atoms with Gasteiger partial charge in [-0.25, -0.2) is 0 Å². The monoisotopic (exact) mass is 262 g/mol. The molecule has 1 aromatic carbocycles. The lowest BCUT2D eigenvalue weighted by Gasteiger charge is -2.08. The van der Waals surface area contributed by atoms with Gasteiger partial charge in [-0.2, -0.15) is 0 Å². The molecule has 0 amide bonds. The van der Waals surface area contributed by atoms with Crippen LogP contribution in [-0.2, 0) is 6.42 Å². The van der Waals surface area contributed by atoms with Crippen molar-refractivity contribution in [2.24, 2.45) is 5.73 Å². The predicted octanol–water partition coefficient (Wildman–Crippen LogP) is 3.34. The van der Waals surface area contributed by atoms with E-state index < -0.39 is 0 Å². The summed E-state index contributed by atoms with van der Waals surface area (Å²) in [6.07, 6.45) is 4.28. The summed E-state index contributed by atoms with van der Waals surface area (Å²) in [6.45, 7) is 2.55. The Hall–Kier alpha value is -1.58. The molecule has 1 heterocycles. The fraction of sp³-hybridized carbons (Fsp3) is 0.214. The van der Waals surface area contributed by atoms with Crippen molar-refractivity contribution in [2.45, 2.75) is 13.3 Å². The molecular formula is C14H15ClN2O. The maximum Gasteiger partial charge on any atom is 0.145 e. The molecule has 18 heavy (non-hydrogen) atoms. The van der Waals surface area contributed by atoms with Crippen molar-refractivity contribution in [3.05, 3.63) is 52.8 Å². The minimum absolute atomic E-state index is 0.602. The molecule has 1 aromatic heterocycles. The Bertz CT molecular complexity index is 543. The summed E-state index contributed by atoms with van der Waals surface area (Å²) in [7, 11) is 0. The maximum absolute atomic E-state index is 5.97. The number of ether oxygens (including phenoxy) is 1. The molecule has 3 nitrogen and oxygen atoms in total. The first kappa shape index (κ1) is 12.9. The van der Waals surface area contributed by atoms with Gasteiger partial charge in [-0.15, -0.1) is 0 Å². The molecule has 0 atom stereocenters. The number of halogens is 1. The largest absolute Gasteiger partial charge is 0.456 e. The highest BCUT2D eigenvalue weighted by atomic mass is 35.5. The Morgan fingerprint density at radius 3 is 2.78 bits per heavy atom. The van der Waals surface area contributed by atoms with Gasteiger partial charge in [0, 0.05) is 11.2 Å². The van der Waals surface area contributed by atoms with E-state index in [0.717, 1.165) is 28.3 Å². The number of rotatable bonds is 4. The van der Waals surface area contributed by atoms with Gasteiger partial charge in [0.1, 0.15) is 11.5 Å². The zero-order chi connectivity index (χ0) is 13.0. The van der Waals surface area contributed by atoms with Crippen molar-refractivity contribution in [3.63, 3.8) is 0 Å². The maximum atomic E-state index is 5.97. The molecule has 94 valence electrons. The Balaban J connectivity index is 2.17. The van der Waals surface area contributed by atoms with Crippen LogP contribution in [0.4, 0.5) is 0 Å². The molecule has 0 aliphatic heterocycles. The van der Waals surface area contributed by atoms with Crippen LogP contribution in [0.3, 0.4) is 0 Å². The summed E-state index contributed by atoms with van der Waals surface area (Å²) in [5.74, 6) is 1.46. The molecular weight excluding hydrogens is 248 g/mol. The molecule has 0 saturated heterocycles. The summed E-state index contributed by atoms with van der Waals surface area (Å²) < 4.78 is 5.74. The number of nitrogens with zero attached hydrogens (tertiary/aromatic N) is 1. The van der Waals surface area contributed by atoms with Gasteiger partial charge in [0.05, 0.1) is 6.20 Å². The van der Waals surface area contributed by atoms with Crippen molar-refractivity contribution < 1.29 is 4.74 Å². The molecule has 0 spiro atoms. The molecule has 0 bridgehead atoms. The summed E-state index contributed by atoms with van der Waals surface area (Å²) in [6, 6.07) is 7.51. The van der Waals surface area contributed by atoms with Crippen molar-refractivity contribution in [2.75, 3.05) is 6.54 Å². The Labute approximate surface area is 112 Å². The quantitative estimate of drug-likeness (QED) is 0.919. The third kappa shape index (κ3) is 3.22. The number of benzene rings is 1. The van der Waals surface area contributed by atoms with E-state index in [4.69, 9.17) is 22.1 Å². The van der Waals surface area contributed by atoms with Crippen LogP contribution in [0.15, 0.2) is 36.7 Å². The van der Waals surface area contributed by atoms with Crippen molar-refractivity contribution >= 4 is 11.6 Å². The summed E-state index contributed by atoms with van der Waals surface area (Å²) in [5, 5.41) is 0.734. The number of hydrogen-bond acceptors (Lipinski definition) is 3. The standard InChI is InChI=1S/C14H15ClN2O/c1-10-6-12(2-3-14(10)15)18-13-7-11(4-5-16)8-17-9-13/h2-3,6-9H,4-5,16H2,1H3. The van der Waals surface area contributed by atoms with Gasteiger partial charge in [0.25, 0.3) is 0 Å². The number of aryl methyl sites for hydroxylation is 1. The Morgan fingerprint density at radius 2 is 2.06 bits per heavy atom. The van der Waals surface area contributed by atoms with Crippen LogP contribution in [0.2, 0.25) is 5.02 Å². The second-order valence-electron chi connectivity index (χ2n) is 4.08. The van der Waals surface area contributed by atoms with Gasteiger partial charge in [-0.05, 0) is 55.3 Å². The van der Waals surface area contributed by atoms with Crippen LogP contribution in [0.5, 0.6) is 11.5 Å². The van der Waals surface area contributed by atoms with Crippen LogP contribution < -0.4 is 10.5 Å². The second-order valence-corrected chi connectivity index (χ2v) is 4.49. The van der Waals surface area contributed by atoms with Gasteiger partial charge in [0.15, 0.2) is 0 Å². The highest BCUT2D eigenvalue weighted by molar-refractivity contribution is 6.31. The van der Waals surface area contributed by atoms with Gasteiger partial charge >= 0.3 is 0 Å². The third-order valence-electron chi connectivity index (χ3n) is 2.57. The topological polar surface area (TPSA) is 48.1 Å². The number of pyridine rings is 1. The van der Waals surface area contributed by atoms with Gasteiger partial charge in [0.2, 0.25) is 0 Å². The lowest BCUT2D eigenvalue weighted by molar-refractivity contribution is 0.479. The molecule has 4 heteroatoms. The molecule has 0 unspecified atom stereocenters. The normalized spacial score (nSPS) is 10.4. The third-order valence-corrected chi connectivity index (χ3v) is 2.99. The van der Waals surface area contributed by atoms with Crippen LogP contribution in [-0.4, -0.2) is 11.5 Å². The molecule has 0 aliphatic carbocycles. The highest BCUT2D eigenvalue weighted by Gasteiger charge is 2.02. The minimum atomic E-state index is 0.602. The highest BCUT2D eigenvalue weighted by Crippen LogP contribution is 2.25. The summed E-state index contributed by atoms with van der Waals surface area (Å²) >= 11 is 5.97. The van der Waals surface area contributed by atoms with Gasteiger partial charge in [-0.3, -0.25) is 4.98 Å². The first-order valence-corrected chi connectivity index (χ1v) is 6.15. The van der Waals surface area contributed by atoms with Crippen molar-refractivity contribution in [1.82, 2.24) is 4.98 Å². The first-order valence-electron chi connectivity index (χ1n) is 5.77. The predicted molar refractivity (Wildman–Crippen MR) is 73.3 cm³/mol. The molecule has 2 aromatic rings. The average Bonchev–Trinajstić information content (AvgIpc) is 2.35. The molecule has 2 rings (SSSR count). The van der Waals surface area contributed by atoms with Crippen LogP contribution in [0.25, 0.3) is 0 Å². The molecule has 0 fully saturated rings. The van der Waals surface area contributed by atoms with Gasteiger partial charge < -0.3 is 10.5 Å². The van der Waals surface area contributed by atoms with Crippen LogP contribution in [0, 0.1) is 6.92 Å². The van der Waals surface area contributed by atoms with E-state index in [0.29, 0.717) is 12.3 Å². The average molecular weight is 263 g/mol. The van der Waals surface area contributed by atoms with E-state index in [1.54, 1.807) is 12.4 Å². The molecule has 0 saturated carbocycles. The Morgan fingerprint density at radius 1 is 1.22 bits per heavy atom. The molecule has 0 radical (unpaired) electrons. The van der Waals surface area contributed by atoms with Crippen molar-refractivity contribution in [1.29, 1.82) is 0 Å². The lowest BCUT2D eigenvalue weighted by Crippen LogP contribution is -2.03. The lowest BCUT2D eigenvalue weighted by atomic mass is 10.2. The Kier molecular flexibility index (Phi) is 4.18. The van der Waals surface area contributed by atoms with E-state index in [2.05, 4.69) is 4.98 Å². The smallest absolute Gasteiger partial charge is 0.145 e. The van der Waals surface area contributed by atoms with E-state index in [1.807, 2.05) is 31.2 Å². The first-order chi connectivity index (χ1) is 8.69. The zero-order valence-electron chi connectivity index (χ0n) is 10.2. The van der Waals surface area contributed by atoms with E-state index in [1.165, 1.54) is 0 Å². The number of nitrogens with two attached hydrogens (primary N) is 1. The fourth-order valence-corrected chi connectivity index (χ4v) is 1.76. The second kappa shape index (κ2) is 5.85. The van der Waals surface area contributed by atoms with Gasteiger partial charge in [-0.1, -0.05) is 11.6 Å². The SMILES string of the molecule is Cc1cc(Oc2cncc(CCN)c2)ccc1Cl. The zero-order valence-corrected chi connectivity index (χ0v) is 10.9. The summed E-state index contributed by atoms with van der Waals surface area (Å²) in [5.41, 5.74) is 7.57. The van der Waals surface area contributed by atoms with E-state index in [-0.39, 0.29) is 0 Å². The van der Waals surface area contributed by atoms with Crippen molar-refractivity contribution in [3.8, 4) is 11.5 Å². The van der Waals surface area contributed by atoms with Crippen LogP contribution in [0.1, 0.15) is 11.1 Å². The van der Waals surface area contributed by atoms with E-state index >= 15 is 0 Å². The minimum Gasteiger partial charge on any atom is -0.456 e. The fourth-order valence-electron chi connectivity index (χ4n) is 1.64. The number of hydrogen-bond donors (Lipinski definition) is 1. The number of aromatic nitrogens is 1.